The fourth-order valence-electron chi connectivity index (χ4n) is 2.44. The van der Waals surface area contributed by atoms with Crippen LogP contribution >= 0.6 is 22.9 Å². The lowest BCUT2D eigenvalue weighted by Gasteiger charge is -2.27. The zero-order valence-corrected chi connectivity index (χ0v) is 14.1. The van der Waals surface area contributed by atoms with Gasteiger partial charge in [-0.25, -0.2) is 13.1 Å². The predicted molar refractivity (Wildman–Crippen MR) is 87.6 cm³/mol. The standard InChI is InChI=1S/C15H16ClNO3S2/c16-12-3-1-4-13(9-12)22(19,20)17-10-15(18,11-6-7-11)14-5-2-8-21-14/h1-5,8-9,11,17-18H,6-7,10H2. The summed E-state index contributed by atoms with van der Waals surface area (Å²) in [5.41, 5.74) is -1.14. The Kier molecular flexibility index (Phi) is 4.31. The number of rotatable bonds is 6. The molecule has 1 fully saturated rings. The van der Waals surface area contributed by atoms with Crippen molar-refractivity contribution < 1.29 is 13.5 Å². The average molecular weight is 358 g/mol. The van der Waals surface area contributed by atoms with Gasteiger partial charge in [-0.3, -0.25) is 0 Å². The van der Waals surface area contributed by atoms with Gasteiger partial charge in [-0.05, 0) is 48.4 Å². The minimum atomic E-state index is -3.70. The first-order valence-electron chi connectivity index (χ1n) is 6.93. The molecule has 0 bridgehead atoms. The molecule has 4 nitrogen and oxygen atoms in total. The summed E-state index contributed by atoms with van der Waals surface area (Å²) in [5.74, 6) is 0.105. The third-order valence-electron chi connectivity index (χ3n) is 3.84. The van der Waals surface area contributed by atoms with Gasteiger partial charge in [0.2, 0.25) is 10.0 Å². The molecule has 2 aromatic rings. The molecule has 1 aromatic carbocycles. The second-order valence-electron chi connectivity index (χ2n) is 5.46. The molecular weight excluding hydrogens is 342 g/mol. The smallest absolute Gasteiger partial charge is 0.240 e. The third kappa shape index (κ3) is 3.21. The topological polar surface area (TPSA) is 66.4 Å². The first-order chi connectivity index (χ1) is 10.4. The number of benzene rings is 1. The van der Waals surface area contributed by atoms with E-state index >= 15 is 0 Å². The van der Waals surface area contributed by atoms with E-state index in [2.05, 4.69) is 4.72 Å². The van der Waals surface area contributed by atoms with Crippen LogP contribution in [-0.2, 0) is 15.6 Å². The summed E-state index contributed by atoms with van der Waals surface area (Å²) in [7, 11) is -3.70. The maximum absolute atomic E-state index is 12.4. The van der Waals surface area contributed by atoms with Gasteiger partial charge in [0, 0.05) is 16.4 Å². The highest BCUT2D eigenvalue weighted by Gasteiger charge is 2.46. The molecule has 3 rings (SSSR count). The van der Waals surface area contributed by atoms with E-state index < -0.39 is 15.6 Å². The van der Waals surface area contributed by atoms with Gasteiger partial charge in [-0.1, -0.05) is 23.7 Å². The van der Waals surface area contributed by atoms with Crippen LogP contribution in [0.2, 0.25) is 5.02 Å². The quantitative estimate of drug-likeness (QED) is 0.835. The van der Waals surface area contributed by atoms with Crippen molar-refractivity contribution in [3.05, 3.63) is 51.7 Å². The highest BCUT2D eigenvalue weighted by Crippen LogP contribution is 2.46. The molecule has 1 aliphatic carbocycles. The Balaban J connectivity index is 1.81. The van der Waals surface area contributed by atoms with Crippen LogP contribution in [0.3, 0.4) is 0 Å². The second-order valence-corrected chi connectivity index (χ2v) is 8.61. The molecule has 1 atom stereocenters. The number of nitrogens with one attached hydrogen (secondary N) is 1. The van der Waals surface area contributed by atoms with Crippen molar-refractivity contribution >= 4 is 33.0 Å². The van der Waals surface area contributed by atoms with Crippen molar-refractivity contribution in [3.63, 3.8) is 0 Å². The van der Waals surface area contributed by atoms with Crippen molar-refractivity contribution in [3.8, 4) is 0 Å². The van der Waals surface area contributed by atoms with E-state index in [9.17, 15) is 13.5 Å². The first kappa shape index (κ1) is 16.0. The highest BCUT2D eigenvalue weighted by molar-refractivity contribution is 7.89. The molecule has 1 saturated carbocycles. The molecule has 1 aliphatic rings. The molecular formula is C15H16ClNO3S2. The van der Waals surface area contributed by atoms with Crippen LogP contribution < -0.4 is 4.72 Å². The fourth-order valence-corrected chi connectivity index (χ4v) is 4.72. The molecule has 22 heavy (non-hydrogen) atoms. The van der Waals surface area contributed by atoms with Gasteiger partial charge in [-0.2, -0.15) is 0 Å². The SMILES string of the molecule is O=S(=O)(NCC(O)(c1cccs1)C1CC1)c1cccc(Cl)c1. The number of hydrogen-bond acceptors (Lipinski definition) is 4. The Morgan fingerprint density at radius 2 is 2.09 bits per heavy atom. The Hall–Kier alpha value is -0.920. The molecule has 0 saturated heterocycles. The fraction of sp³-hybridized carbons (Fsp3) is 0.333. The first-order valence-corrected chi connectivity index (χ1v) is 9.67. The maximum atomic E-state index is 12.4. The lowest BCUT2D eigenvalue weighted by molar-refractivity contribution is 0.0222. The molecule has 118 valence electrons. The Morgan fingerprint density at radius 3 is 2.68 bits per heavy atom. The van der Waals surface area contributed by atoms with Crippen molar-refractivity contribution in [2.75, 3.05) is 6.54 Å². The summed E-state index contributed by atoms with van der Waals surface area (Å²) < 4.78 is 27.3. The van der Waals surface area contributed by atoms with E-state index in [4.69, 9.17) is 11.6 Å². The maximum Gasteiger partial charge on any atom is 0.240 e. The number of thiophene rings is 1. The number of aliphatic hydroxyl groups is 1. The van der Waals surface area contributed by atoms with Crippen LogP contribution in [0.4, 0.5) is 0 Å². The Labute approximate surface area is 138 Å². The van der Waals surface area contributed by atoms with E-state index in [1.807, 2.05) is 17.5 Å². The molecule has 0 spiro atoms. The zero-order chi connectivity index (χ0) is 15.8. The van der Waals surface area contributed by atoms with E-state index in [1.54, 1.807) is 12.1 Å². The minimum absolute atomic E-state index is 0.0347. The molecule has 1 unspecified atom stereocenters. The van der Waals surface area contributed by atoms with E-state index in [0.29, 0.717) is 5.02 Å². The molecule has 7 heteroatoms. The van der Waals surface area contributed by atoms with Gasteiger partial charge in [0.05, 0.1) is 4.90 Å². The Bertz CT molecular complexity index is 757. The molecule has 0 radical (unpaired) electrons. The molecule has 0 aliphatic heterocycles. The lowest BCUT2D eigenvalue weighted by atomic mass is 9.96. The molecule has 0 amide bonds. The number of halogens is 1. The van der Waals surface area contributed by atoms with Crippen molar-refractivity contribution in [1.29, 1.82) is 0 Å². The van der Waals surface area contributed by atoms with Gasteiger partial charge in [0.1, 0.15) is 5.60 Å². The Morgan fingerprint density at radius 1 is 1.32 bits per heavy atom. The lowest BCUT2D eigenvalue weighted by Crippen LogP contribution is -2.41. The van der Waals surface area contributed by atoms with Crippen LogP contribution in [0.1, 0.15) is 17.7 Å². The summed E-state index contributed by atoms with van der Waals surface area (Å²) in [5, 5.41) is 13.2. The predicted octanol–water partition coefficient (Wildman–Crippen LogP) is 2.98. The molecule has 2 N–H and O–H groups in total. The van der Waals surface area contributed by atoms with Crippen LogP contribution in [0.25, 0.3) is 0 Å². The summed E-state index contributed by atoms with van der Waals surface area (Å²) >= 11 is 7.28. The monoisotopic (exact) mass is 357 g/mol. The summed E-state index contributed by atoms with van der Waals surface area (Å²) in [6.45, 7) is -0.0347. The van der Waals surface area contributed by atoms with Crippen LogP contribution in [0.5, 0.6) is 0 Å². The van der Waals surface area contributed by atoms with Gasteiger partial charge in [0.15, 0.2) is 0 Å². The normalized spacial score (nSPS) is 18.1. The van der Waals surface area contributed by atoms with Gasteiger partial charge >= 0.3 is 0 Å². The summed E-state index contributed by atoms with van der Waals surface area (Å²) in [4.78, 5) is 0.896. The van der Waals surface area contributed by atoms with Crippen LogP contribution in [0.15, 0.2) is 46.7 Å². The van der Waals surface area contributed by atoms with Gasteiger partial charge < -0.3 is 5.11 Å². The average Bonchev–Trinajstić information content (AvgIpc) is 3.20. The third-order valence-corrected chi connectivity index (χ3v) is 6.51. The van der Waals surface area contributed by atoms with E-state index in [-0.39, 0.29) is 17.4 Å². The summed E-state index contributed by atoms with van der Waals surface area (Å²) in [6.07, 6.45) is 1.82. The van der Waals surface area contributed by atoms with E-state index in [0.717, 1.165) is 17.7 Å². The van der Waals surface area contributed by atoms with E-state index in [1.165, 1.54) is 23.5 Å². The van der Waals surface area contributed by atoms with Crippen LogP contribution in [-0.4, -0.2) is 20.1 Å². The summed E-state index contributed by atoms with van der Waals surface area (Å²) in [6, 6.07) is 9.78. The highest BCUT2D eigenvalue weighted by atomic mass is 35.5. The largest absolute Gasteiger partial charge is 0.383 e. The van der Waals surface area contributed by atoms with Gasteiger partial charge in [-0.15, -0.1) is 11.3 Å². The van der Waals surface area contributed by atoms with Crippen LogP contribution in [0, 0.1) is 5.92 Å². The second kappa shape index (κ2) is 5.94. The van der Waals surface area contributed by atoms with Crippen molar-refractivity contribution in [2.45, 2.75) is 23.3 Å². The zero-order valence-electron chi connectivity index (χ0n) is 11.7. The van der Waals surface area contributed by atoms with Gasteiger partial charge in [0.25, 0.3) is 0 Å². The molecule has 1 heterocycles. The number of sulfonamides is 1. The minimum Gasteiger partial charge on any atom is -0.383 e. The number of hydrogen-bond donors (Lipinski definition) is 2. The molecule has 1 aromatic heterocycles. The van der Waals surface area contributed by atoms with Crippen molar-refractivity contribution in [1.82, 2.24) is 4.72 Å². The van der Waals surface area contributed by atoms with Crippen molar-refractivity contribution in [2.24, 2.45) is 5.92 Å².